The lowest BCUT2D eigenvalue weighted by Crippen LogP contribution is -2.32. The lowest BCUT2D eigenvalue weighted by atomic mass is 10.2. The number of rotatable bonds is 3. The topological polar surface area (TPSA) is 133 Å². The molecule has 1 aliphatic rings. The lowest BCUT2D eigenvalue weighted by molar-refractivity contribution is -0.0355. The maximum absolute atomic E-state index is 13.4. The van der Waals surface area contributed by atoms with Crippen molar-refractivity contribution in [3.63, 3.8) is 0 Å². The predicted molar refractivity (Wildman–Crippen MR) is 60.6 cm³/mol. The molecule has 9 nitrogen and oxygen atoms in total. The molecule has 0 spiro atoms. The Kier molecular flexibility index (Phi) is 3.65. The number of azide groups is 1. The first-order valence-corrected chi connectivity index (χ1v) is 5.37. The van der Waals surface area contributed by atoms with E-state index in [1.54, 1.807) is 0 Å². The van der Waals surface area contributed by atoms with E-state index >= 15 is 0 Å². The summed E-state index contributed by atoms with van der Waals surface area (Å²) in [6.45, 7) is -0.515. The molecular formula is C9H10FN5O4. The number of aromatic amines is 1. The summed E-state index contributed by atoms with van der Waals surface area (Å²) >= 11 is 0. The van der Waals surface area contributed by atoms with Gasteiger partial charge in [-0.2, -0.15) is 0 Å². The van der Waals surface area contributed by atoms with Gasteiger partial charge in [0.2, 0.25) is 0 Å². The number of aliphatic hydroxyl groups excluding tert-OH is 1. The van der Waals surface area contributed by atoms with Crippen molar-refractivity contribution in [1.82, 2.24) is 9.55 Å². The Labute approximate surface area is 104 Å². The Balaban J connectivity index is 2.41. The SMILES string of the molecule is [N-]=[N+]=Nc1cn([C@H]2C[C@H](F)[C@@H](CO)O2)c(=O)[nH]c1=O. The van der Waals surface area contributed by atoms with Crippen molar-refractivity contribution in [2.24, 2.45) is 5.11 Å². The maximum Gasteiger partial charge on any atom is 0.330 e. The predicted octanol–water partition coefficient (Wildman–Crippen LogP) is 0.0963. The van der Waals surface area contributed by atoms with E-state index in [2.05, 4.69) is 10.0 Å². The van der Waals surface area contributed by atoms with Gasteiger partial charge in [0.25, 0.3) is 5.56 Å². The van der Waals surface area contributed by atoms with E-state index in [0.717, 1.165) is 10.8 Å². The molecule has 0 aliphatic carbocycles. The van der Waals surface area contributed by atoms with Crippen LogP contribution in [0.2, 0.25) is 0 Å². The van der Waals surface area contributed by atoms with Crippen molar-refractivity contribution in [2.75, 3.05) is 6.61 Å². The molecule has 1 fully saturated rings. The van der Waals surface area contributed by atoms with Gasteiger partial charge < -0.3 is 9.84 Å². The Morgan fingerprint density at radius 3 is 3.00 bits per heavy atom. The van der Waals surface area contributed by atoms with Gasteiger partial charge in [0.1, 0.15) is 24.2 Å². The molecule has 19 heavy (non-hydrogen) atoms. The molecule has 0 saturated carbocycles. The third-order valence-electron chi connectivity index (χ3n) is 2.75. The largest absolute Gasteiger partial charge is 0.394 e. The third-order valence-corrected chi connectivity index (χ3v) is 2.75. The van der Waals surface area contributed by atoms with Crippen LogP contribution >= 0.6 is 0 Å². The van der Waals surface area contributed by atoms with E-state index in [-0.39, 0.29) is 12.1 Å². The van der Waals surface area contributed by atoms with Crippen molar-refractivity contribution in [3.05, 3.63) is 37.5 Å². The fourth-order valence-electron chi connectivity index (χ4n) is 1.83. The van der Waals surface area contributed by atoms with Gasteiger partial charge in [-0.3, -0.25) is 14.3 Å². The van der Waals surface area contributed by atoms with Gasteiger partial charge in [-0.25, -0.2) is 9.18 Å². The van der Waals surface area contributed by atoms with Crippen molar-refractivity contribution in [2.45, 2.75) is 24.9 Å². The van der Waals surface area contributed by atoms with Crippen LogP contribution in [0, 0.1) is 0 Å². The zero-order chi connectivity index (χ0) is 14.0. The minimum Gasteiger partial charge on any atom is -0.394 e. The van der Waals surface area contributed by atoms with Crippen LogP contribution in [0.15, 0.2) is 20.9 Å². The van der Waals surface area contributed by atoms with Crippen molar-refractivity contribution in [1.29, 1.82) is 0 Å². The van der Waals surface area contributed by atoms with Crippen LogP contribution < -0.4 is 11.2 Å². The van der Waals surface area contributed by atoms with Gasteiger partial charge in [-0.05, 0) is 5.53 Å². The number of nitrogens with one attached hydrogen (secondary N) is 1. The summed E-state index contributed by atoms with van der Waals surface area (Å²) in [6.07, 6.45) is -2.56. The van der Waals surface area contributed by atoms with Gasteiger partial charge >= 0.3 is 5.69 Å². The molecular weight excluding hydrogens is 261 g/mol. The molecule has 2 heterocycles. The van der Waals surface area contributed by atoms with E-state index in [1.807, 2.05) is 4.98 Å². The Bertz CT molecular complexity index is 634. The number of nitrogens with zero attached hydrogens (tertiary/aromatic N) is 4. The Hall–Kier alpha value is -2.16. The number of alkyl halides is 1. The number of aromatic nitrogens is 2. The lowest BCUT2D eigenvalue weighted by Gasteiger charge is -2.14. The number of hydrogen-bond acceptors (Lipinski definition) is 5. The summed E-state index contributed by atoms with van der Waals surface area (Å²) in [5, 5.41) is 12.0. The molecule has 10 heteroatoms. The van der Waals surface area contributed by atoms with E-state index < -0.39 is 36.4 Å². The van der Waals surface area contributed by atoms with Gasteiger partial charge in [0.05, 0.1) is 6.61 Å². The van der Waals surface area contributed by atoms with Gasteiger partial charge in [0, 0.05) is 17.5 Å². The molecule has 0 aromatic carbocycles. The summed E-state index contributed by atoms with van der Waals surface area (Å²) in [7, 11) is 0. The zero-order valence-corrected chi connectivity index (χ0v) is 9.56. The minimum atomic E-state index is -1.42. The van der Waals surface area contributed by atoms with Crippen LogP contribution in [0.4, 0.5) is 10.1 Å². The van der Waals surface area contributed by atoms with Crippen molar-refractivity contribution in [3.8, 4) is 0 Å². The normalized spacial score (nSPS) is 26.1. The fourth-order valence-corrected chi connectivity index (χ4v) is 1.83. The van der Waals surface area contributed by atoms with Crippen LogP contribution in [0.25, 0.3) is 10.4 Å². The van der Waals surface area contributed by atoms with Gasteiger partial charge in [-0.15, -0.1) is 0 Å². The molecule has 0 radical (unpaired) electrons. The Morgan fingerprint density at radius 1 is 1.68 bits per heavy atom. The smallest absolute Gasteiger partial charge is 0.330 e. The highest BCUT2D eigenvalue weighted by Gasteiger charge is 2.36. The quantitative estimate of drug-likeness (QED) is 0.458. The standard InChI is InChI=1S/C9H10FN5O4/c10-4-1-7(19-6(4)3-16)15-2-5(13-14-11)8(17)12-9(15)18/h2,4,6-7,16H,1,3H2,(H,12,17,18)/t4-,6+,7+/m0/s1. The van der Waals surface area contributed by atoms with Crippen LogP contribution in [0.5, 0.6) is 0 Å². The molecule has 3 atom stereocenters. The zero-order valence-electron chi connectivity index (χ0n) is 9.56. The average Bonchev–Trinajstić information content (AvgIpc) is 2.74. The number of halogens is 1. The fraction of sp³-hybridized carbons (Fsp3) is 0.556. The Morgan fingerprint density at radius 2 is 2.42 bits per heavy atom. The summed E-state index contributed by atoms with van der Waals surface area (Å²) in [6, 6.07) is 0. The van der Waals surface area contributed by atoms with Crippen LogP contribution in [-0.4, -0.2) is 33.5 Å². The van der Waals surface area contributed by atoms with Crippen molar-refractivity contribution < 1.29 is 14.2 Å². The monoisotopic (exact) mass is 271 g/mol. The second-order valence-corrected chi connectivity index (χ2v) is 3.93. The summed E-state index contributed by atoms with van der Waals surface area (Å²) in [5.41, 5.74) is 6.31. The van der Waals surface area contributed by atoms with Gasteiger partial charge in [-0.1, -0.05) is 5.11 Å². The number of ether oxygens (including phenoxy) is 1. The highest BCUT2D eigenvalue weighted by atomic mass is 19.1. The summed E-state index contributed by atoms with van der Waals surface area (Å²) in [4.78, 5) is 27.3. The highest BCUT2D eigenvalue weighted by Crippen LogP contribution is 2.29. The highest BCUT2D eigenvalue weighted by molar-refractivity contribution is 5.29. The molecule has 0 amide bonds. The van der Waals surface area contributed by atoms with Crippen LogP contribution in [-0.2, 0) is 4.74 Å². The van der Waals surface area contributed by atoms with E-state index in [4.69, 9.17) is 15.4 Å². The summed E-state index contributed by atoms with van der Waals surface area (Å²) < 4.78 is 19.5. The maximum atomic E-state index is 13.4. The molecule has 2 N–H and O–H groups in total. The second-order valence-electron chi connectivity index (χ2n) is 3.93. The second kappa shape index (κ2) is 5.22. The molecule has 2 rings (SSSR count). The number of aliphatic hydroxyl groups is 1. The first-order chi connectivity index (χ1) is 9.06. The van der Waals surface area contributed by atoms with E-state index in [9.17, 15) is 14.0 Å². The number of H-pyrrole nitrogens is 1. The van der Waals surface area contributed by atoms with Crippen LogP contribution in [0.3, 0.4) is 0 Å². The van der Waals surface area contributed by atoms with Gasteiger partial charge in [0.15, 0.2) is 0 Å². The number of hydrogen-bond donors (Lipinski definition) is 2. The summed E-state index contributed by atoms with van der Waals surface area (Å²) in [5.74, 6) is 0. The van der Waals surface area contributed by atoms with E-state index in [0.29, 0.717) is 0 Å². The first kappa shape index (κ1) is 13.3. The minimum absolute atomic E-state index is 0.146. The third kappa shape index (κ3) is 2.50. The average molecular weight is 271 g/mol. The molecule has 1 aromatic heterocycles. The van der Waals surface area contributed by atoms with Crippen LogP contribution in [0.1, 0.15) is 12.6 Å². The molecule has 102 valence electrons. The first-order valence-electron chi connectivity index (χ1n) is 5.37. The molecule has 1 aromatic rings. The molecule has 1 saturated heterocycles. The van der Waals surface area contributed by atoms with E-state index in [1.165, 1.54) is 0 Å². The molecule has 0 unspecified atom stereocenters. The van der Waals surface area contributed by atoms with Crippen molar-refractivity contribution >= 4 is 5.69 Å². The molecule has 1 aliphatic heterocycles. The molecule has 0 bridgehead atoms.